The zero-order valence-corrected chi connectivity index (χ0v) is 14.9. The molecule has 3 aromatic rings. The van der Waals surface area contributed by atoms with Crippen LogP contribution in [0.15, 0.2) is 67.3 Å². The quantitative estimate of drug-likeness (QED) is 0.673. The van der Waals surface area contributed by atoms with E-state index < -0.39 is 11.9 Å². The Morgan fingerprint density at radius 3 is 2.65 bits per heavy atom. The van der Waals surface area contributed by atoms with Crippen LogP contribution in [-0.4, -0.2) is 15.9 Å². The van der Waals surface area contributed by atoms with Crippen LogP contribution in [0.25, 0.3) is 0 Å². The van der Waals surface area contributed by atoms with E-state index in [1.54, 1.807) is 30.6 Å². The van der Waals surface area contributed by atoms with Gasteiger partial charge in [-0.25, -0.2) is 0 Å². The van der Waals surface area contributed by atoms with Crippen LogP contribution in [0.1, 0.15) is 28.3 Å². The highest BCUT2D eigenvalue weighted by Crippen LogP contribution is 2.19. The first-order valence-electron chi connectivity index (χ1n) is 8.22. The summed E-state index contributed by atoms with van der Waals surface area (Å²) in [7, 11) is 0. The van der Waals surface area contributed by atoms with Gasteiger partial charge in [0.2, 0.25) is 5.91 Å². The summed E-state index contributed by atoms with van der Waals surface area (Å²) in [5.74, 6) is -0.449. The topological polar surface area (TPSA) is 80.9 Å². The van der Waals surface area contributed by atoms with E-state index in [2.05, 4.69) is 15.3 Å². The number of carbonyl (C=O) groups is 1. The number of rotatable bonds is 7. The zero-order valence-electron chi connectivity index (χ0n) is 14.1. The van der Waals surface area contributed by atoms with Crippen molar-refractivity contribution in [3.8, 4) is 0 Å². The molecule has 0 aliphatic heterocycles. The maximum Gasteiger partial charge on any atom is 0.239 e. The number of primary amides is 1. The molecule has 26 heavy (non-hydrogen) atoms. The van der Waals surface area contributed by atoms with Crippen LogP contribution in [0.4, 0.5) is 0 Å². The molecule has 0 saturated carbocycles. The van der Waals surface area contributed by atoms with Gasteiger partial charge in [0.15, 0.2) is 0 Å². The molecule has 1 aromatic carbocycles. The summed E-state index contributed by atoms with van der Waals surface area (Å²) in [5.41, 5.74) is 9.55. The van der Waals surface area contributed by atoms with Crippen molar-refractivity contribution in [3.63, 3.8) is 0 Å². The number of pyridine rings is 2. The van der Waals surface area contributed by atoms with Crippen LogP contribution >= 0.6 is 11.6 Å². The molecule has 3 rings (SSSR count). The van der Waals surface area contributed by atoms with Crippen molar-refractivity contribution in [2.75, 3.05) is 0 Å². The standard InChI is InChI=1S/C20H19ClN4O/c21-18-5-1-4-15(10-18)19(20(22)26)25-13-16-6-8-24-12-17(16)9-14-3-2-7-23-11-14/h1-8,10-12,19,25H,9,13H2,(H2,22,26). The molecule has 132 valence electrons. The van der Waals surface area contributed by atoms with Gasteiger partial charge in [-0.05, 0) is 46.5 Å². The molecule has 1 atom stereocenters. The Hall–Kier alpha value is -2.76. The Balaban J connectivity index is 1.77. The third-order valence-electron chi connectivity index (χ3n) is 4.09. The summed E-state index contributed by atoms with van der Waals surface area (Å²) in [4.78, 5) is 20.3. The molecule has 5 nitrogen and oxygen atoms in total. The molecule has 6 heteroatoms. The second kappa shape index (κ2) is 8.56. The Labute approximate surface area is 157 Å². The van der Waals surface area contributed by atoms with Gasteiger partial charge in [0.05, 0.1) is 0 Å². The van der Waals surface area contributed by atoms with Crippen molar-refractivity contribution in [2.24, 2.45) is 5.73 Å². The molecule has 0 spiro atoms. The third-order valence-corrected chi connectivity index (χ3v) is 4.32. The molecule has 2 aromatic heterocycles. The molecular formula is C20H19ClN4O. The van der Waals surface area contributed by atoms with E-state index in [-0.39, 0.29) is 0 Å². The van der Waals surface area contributed by atoms with Gasteiger partial charge in [0, 0.05) is 42.8 Å². The largest absolute Gasteiger partial charge is 0.368 e. The molecule has 0 fully saturated rings. The first-order valence-corrected chi connectivity index (χ1v) is 8.60. The smallest absolute Gasteiger partial charge is 0.239 e. The van der Waals surface area contributed by atoms with Crippen molar-refractivity contribution in [1.82, 2.24) is 15.3 Å². The monoisotopic (exact) mass is 366 g/mol. The van der Waals surface area contributed by atoms with Gasteiger partial charge in [-0.15, -0.1) is 0 Å². The van der Waals surface area contributed by atoms with E-state index in [4.69, 9.17) is 17.3 Å². The summed E-state index contributed by atoms with van der Waals surface area (Å²) in [6.45, 7) is 0.484. The summed E-state index contributed by atoms with van der Waals surface area (Å²) in [6, 6.07) is 12.4. The summed E-state index contributed by atoms with van der Waals surface area (Å²) in [5, 5.41) is 3.80. The second-order valence-corrected chi connectivity index (χ2v) is 6.39. The van der Waals surface area contributed by atoms with Crippen molar-refractivity contribution >= 4 is 17.5 Å². The zero-order chi connectivity index (χ0) is 18.4. The third kappa shape index (κ3) is 4.65. The van der Waals surface area contributed by atoms with Gasteiger partial charge in [0.1, 0.15) is 6.04 Å². The first kappa shape index (κ1) is 18.0. The minimum atomic E-state index is -0.617. The maximum absolute atomic E-state index is 11.9. The molecule has 1 unspecified atom stereocenters. The number of carbonyl (C=O) groups excluding carboxylic acids is 1. The predicted molar refractivity (Wildman–Crippen MR) is 102 cm³/mol. The number of hydrogen-bond donors (Lipinski definition) is 2. The lowest BCUT2D eigenvalue weighted by Crippen LogP contribution is -2.33. The number of halogens is 1. The Morgan fingerprint density at radius 1 is 1.08 bits per heavy atom. The Kier molecular flexibility index (Phi) is 5.94. The van der Waals surface area contributed by atoms with E-state index in [0.29, 0.717) is 11.6 Å². The maximum atomic E-state index is 11.9. The minimum Gasteiger partial charge on any atom is -0.368 e. The van der Waals surface area contributed by atoms with Crippen LogP contribution in [-0.2, 0) is 17.8 Å². The van der Waals surface area contributed by atoms with Gasteiger partial charge in [0.25, 0.3) is 0 Å². The van der Waals surface area contributed by atoms with Gasteiger partial charge in [-0.3, -0.25) is 20.1 Å². The lowest BCUT2D eigenvalue weighted by Gasteiger charge is -2.17. The normalized spacial score (nSPS) is 11.9. The van der Waals surface area contributed by atoms with E-state index in [1.165, 1.54) is 0 Å². The molecule has 0 aliphatic rings. The van der Waals surface area contributed by atoms with Crippen molar-refractivity contribution in [1.29, 1.82) is 0 Å². The molecule has 2 heterocycles. The van der Waals surface area contributed by atoms with Gasteiger partial charge >= 0.3 is 0 Å². The van der Waals surface area contributed by atoms with Crippen LogP contribution < -0.4 is 11.1 Å². The van der Waals surface area contributed by atoms with Gasteiger partial charge < -0.3 is 5.73 Å². The number of benzene rings is 1. The van der Waals surface area contributed by atoms with E-state index >= 15 is 0 Å². The van der Waals surface area contributed by atoms with Crippen LogP contribution in [0.2, 0.25) is 5.02 Å². The summed E-state index contributed by atoms with van der Waals surface area (Å²) in [6.07, 6.45) is 7.88. The lowest BCUT2D eigenvalue weighted by molar-refractivity contribution is -0.120. The molecule has 1 amide bonds. The van der Waals surface area contributed by atoms with Crippen molar-refractivity contribution in [2.45, 2.75) is 19.0 Å². The average Bonchev–Trinajstić information content (AvgIpc) is 2.64. The van der Waals surface area contributed by atoms with Crippen LogP contribution in [0, 0.1) is 0 Å². The number of nitrogens with two attached hydrogens (primary N) is 1. The Bertz CT molecular complexity index is 886. The molecule has 0 bridgehead atoms. The number of hydrogen-bond acceptors (Lipinski definition) is 4. The van der Waals surface area contributed by atoms with Crippen LogP contribution in [0.3, 0.4) is 0 Å². The lowest BCUT2D eigenvalue weighted by atomic mass is 10.0. The molecule has 0 radical (unpaired) electrons. The van der Waals surface area contributed by atoms with E-state index in [9.17, 15) is 4.79 Å². The number of amides is 1. The Morgan fingerprint density at radius 2 is 1.92 bits per heavy atom. The number of aromatic nitrogens is 2. The average molecular weight is 367 g/mol. The molecule has 0 aliphatic carbocycles. The minimum absolute atomic E-state index is 0.449. The number of nitrogens with one attached hydrogen (secondary N) is 1. The second-order valence-electron chi connectivity index (χ2n) is 5.95. The van der Waals surface area contributed by atoms with Crippen LogP contribution in [0.5, 0.6) is 0 Å². The summed E-state index contributed by atoms with van der Waals surface area (Å²) < 4.78 is 0. The molecule has 3 N–H and O–H groups in total. The predicted octanol–water partition coefficient (Wildman–Crippen LogP) is 3.04. The fourth-order valence-electron chi connectivity index (χ4n) is 2.79. The summed E-state index contributed by atoms with van der Waals surface area (Å²) >= 11 is 6.03. The fourth-order valence-corrected chi connectivity index (χ4v) is 2.99. The highest BCUT2D eigenvalue weighted by Gasteiger charge is 2.18. The van der Waals surface area contributed by atoms with Gasteiger partial charge in [-0.2, -0.15) is 0 Å². The van der Waals surface area contributed by atoms with Crippen molar-refractivity contribution in [3.05, 3.63) is 94.5 Å². The fraction of sp³-hybridized carbons (Fsp3) is 0.150. The highest BCUT2D eigenvalue weighted by molar-refractivity contribution is 6.30. The van der Waals surface area contributed by atoms with E-state index in [0.717, 1.165) is 28.7 Å². The van der Waals surface area contributed by atoms with E-state index in [1.807, 2.05) is 36.7 Å². The molecule has 0 saturated heterocycles. The number of nitrogens with zero attached hydrogens (tertiary/aromatic N) is 2. The SMILES string of the molecule is NC(=O)C(NCc1ccncc1Cc1cccnc1)c1cccc(Cl)c1. The highest BCUT2D eigenvalue weighted by atomic mass is 35.5. The van der Waals surface area contributed by atoms with Gasteiger partial charge in [-0.1, -0.05) is 29.8 Å². The first-order chi connectivity index (χ1) is 12.6. The molecular weight excluding hydrogens is 348 g/mol. The van der Waals surface area contributed by atoms with Crippen molar-refractivity contribution < 1.29 is 4.79 Å².